The first-order valence-electron chi connectivity index (χ1n) is 11.1. The van der Waals surface area contributed by atoms with Gasteiger partial charge in [-0.3, -0.25) is 0 Å². The van der Waals surface area contributed by atoms with E-state index in [9.17, 15) is 9.90 Å². The molecule has 1 saturated carbocycles. The first-order chi connectivity index (χ1) is 14.2. The number of allylic oxidation sites excluding steroid dienone is 2. The fourth-order valence-corrected chi connectivity index (χ4v) is 6.74. The van der Waals surface area contributed by atoms with Crippen molar-refractivity contribution in [3.05, 3.63) is 76.9 Å². The van der Waals surface area contributed by atoms with Gasteiger partial charge in [-0.2, -0.15) is 0 Å². The van der Waals surface area contributed by atoms with E-state index in [1.54, 1.807) is 0 Å². The molecule has 1 fully saturated rings. The minimum atomic E-state index is -0.794. The number of hydrogen-bond acceptors (Lipinski definition) is 2. The molecule has 0 bridgehead atoms. The number of carboxylic acids is 1. The number of nitrogens with zero attached hydrogens (tertiary/aromatic N) is 1. The predicted molar refractivity (Wildman–Crippen MR) is 115 cm³/mol. The van der Waals surface area contributed by atoms with E-state index >= 15 is 0 Å². The molecule has 2 aromatic rings. The van der Waals surface area contributed by atoms with Gasteiger partial charge in [0, 0.05) is 18.2 Å². The Kier molecular flexibility index (Phi) is 3.87. The summed E-state index contributed by atoms with van der Waals surface area (Å²) in [4.78, 5) is 14.6. The first kappa shape index (κ1) is 17.3. The lowest BCUT2D eigenvalue weighted by Gasteiger charge is -2.53. The lowest BCUT2D eigenvalue weighted by molar-refractivity contribution is 0.0696. The monoisotopic (exact) mass is 385 g/mol. The zero-order valence-electron chi connectivity index (χ0n) is 16.6. The standard InChI is InChI=1S/C26H27NO2/c28-26(29)18-13-22-19-10-5-4-9-17(19)15-27-24(16-7-2-1-3-8-16)21-12-6-11-20(21)23(14-18)25(22)27/h1-3,6-8,11,13-14,17,19-21,24H,4-5,9-10,12,15H2,(H,28,29)/t17-,19+,20+,21+,24+/m1/s1. The third-order valence-corrected chi connectivity index (χ3v) is 7.90. The molecule has 0 spiro atoms. The van der Waals surface area contributed by atoms with Crippen molar-refractivity contribution in [1.82, 2.24) is 0 Å². The summed E-state index contributed by atoms with van der Waals surface area (Å²) < 4.78 is 0. The van der Waals surface area contributed by atoms with Crippen molar-refractivity contribution in [3.8, 4) is 0 Å². The van der Waals surface area contributed by atoms with E-state index in [0.717, 1.165) is 13.0 Å². The van der Waals surface area contributed by atoms with Gasteiger partial charge in [0.05, 0.1) is 11.6 Å². The molecule has 0 unspecified atom stereocenters. The minimum absolute atomic E-state index is 0.324. The van der Waals surface area contributed by atoms with E-state index in [4.69, 9.17) is 0 Å². The summed E-state index contributed by atoms with van der Waals surface area (Å²) in [6.45, 7) is 1.11. The maximum absolute atomic E-state index is 12.0. The summed E-state index contributed by atoms with van der Waals surface area (Å²) in [7, 11) is 0. The van der Waals surface area contributed by atoms with Crippen molar-refractivity contribution in [1.29, 1.82) is 0 Å². The van der Waals surface area contributed by atoms with Gasteiger partial charge < -0.3 is 10.0 Å². The van der Waals surface area contributed by atoms with Gasteiger partial charge in [-0.05, 0) is 65.8 Å². The molecule has 2 aromatic carbocycles. The van der Waals surface area contributed by atoms with Gasteiger partial charge in [0.1, 0.15) is 0 Å². The summed E-state index contributed by atoms with van der Waals surface area (Å²) >= 11 is 0. The Bertz CT molecular complexity index is 995. The maximum atomic E-state index is 12.0. The molecule has 29 heavy (non-hydrogen) atoms. The Balaban J connectivity index is 1.60. The largest absolute Gasteiger partial charge is 0.478 e. The van der Waals surface area contributed by atoms with E-state index in [0.29, 0.717) is 35.3 Å². The van der Waals surface area contributed by atoms with E-state index in [1.807, 2.05) is 12.1 Å². The Morgan fingerprint density at radius 2 is 1.83 bits per heavy atom. The Morgan fingerprint density at radius 1 is 1.03 bits per heavy atom. The molecule has 148 valence electrons. The van der Waals surface area contributed by atoms with Crippen molar-refractivity contribution >= 4 is 11.7 Å². The van der Waals surface area contributed by atoms with Gasteiger partial charge in [0.15, 0.2) is 0 Å². The maximum Gasteiger partial charge on any atom is 0.335 e. The normalized spacial score (nSPS) is 31.7. The molecule has 0 amide bonds. The molecule has 0 radical (unpaired) electrons. The van der Waals surface area contributed by atoms with Crippen molar-refractivity contribution in [2.24, 2.45) is 11.8 Å². The highest BCUT2D eigenvalue weighted by Crippen LogP contribution is 2.59. The smallest absolute Gasteiger partial charge is 0.335 e. The highest BCUT2D eigenvalue weighted by molar-refractivity contribution is 5.90. The number of rotatable bonds is 2. The number of benzene rings is 2. The van der Waals surface area contributed by atoms with Crippen molar-refractivity contribution in [2.75, 3.05) is 11.4 Å². The van der Waals surface area contributed by atoms with Crippen molar-refractivity contribution < 1.29 is 9.90 Å². The molecule has 4 aliphatic rings. The second-order valence-corrected chi connectivity index (χ2v) is 9.32. The molecule has 0 saturated heterocycles. The van der Waals surface area contributed by atoms with Crippen LogP contribution in [0, 0.1) is 11.8 Å². The Morgan fingerprint density at radius 3 is 2.66 bits per heavy atom. The molecule has 0 aromatic heterocycles. The molecule has 2 heterocycles. The molecule has 2 aliphatic carbocycles. The van der Waals surface area contributed by atoms with Gasteiger partial charge in [-0.15, -0.1) is 0 Å². The number of carboxylic acid groups (broad SMARTS) is 1. The van der Waals surface area contributed by atoms with E-state index in [1.165, 1.54) is 48.1 Å². The minimum Gasteiger partial charge on any atom is -0.478 e. The van der Waals surface area contributed by atoms with Crippen LogP contribution in [0.2, 0.25) is 0 Å². The molecule has 3 nitrogen and oxygen atoms in total. The van der Waals surface area contributed by atoms with Gasteiger partial charge in [-0.25, -0.2) is 4.79 Å². The Labute approximate surface area is 172 Å². The van der Waals surface area contributed by atoms with Crippen LogP contribution in [0.3, 0.4) is 0 Å². The quantitative estimate of drug-likeness (QED) is 0.655. The van der Waals surface area contributed by atoms with Gasteiger partial charge >= 0.3 is 5.97 Å². The summed E-state index contributed by atoms with van der Waals surface area (Å²) in [6.07, 6.45) is 10.8. The number of aromatic carboxylic acids is 1. The number of hydrogen-bond donors (Lipinski definition) is 1. The van der Waals surface area contributed by atoms with Crippen LogP contribution in [0.25, 0.3) is 0 Å². The van der Waals surface area contributed by atoms with Crippen LogP contribution in [0.15, 0.2) is 54.6 Å². The van der Waals surface area contributed by atoms with Crippen LogP contribution in [-0.2, 0) is 0 Å². The predicted octanol–water partition coefficient (Wildman–Crippen LogP) is 5.89. The lowest BCUT2D eigenvalue weighted by Crippen LogP contribution is -2.47. The SMILES string of the molecule is O=C(O)c1cc2c3c(c1)[C@H]1CCCC[C@@H]1CN3[C@@H](c1ccccc1)[C@H]1CC=C[C@H]21. The summed E-state index contributed by atoms with van der Waals surface area (Å²) in [5.41, 5.74) is 5.81. The zero-order chi connectivity index (χ0) is 19.5. The third kappa shape index (κ3) is 2.52. The summed E-state index contributed by atoms with van der Waals surface area (Å²) in [5.74, 6) is 1.18. The summed E-state index contributed by atoms with van der Waals surface area (Å²) in [6, 6.07) is 15.3. The molecular weight excluding hydrogens is 358 g/mol. The second kappa shape index (κ2) is 6.48. The fourth-order valence-electron chi connectivity index (χ4n) is 6.74. The molecule has 3 heteroatoms. The van der Waals surface area contributed by atoms with E-state index in [2.05, 4.69) is 47.4 Å². The molecule has 6 rings (SSSR count). The average molecular weight is 386 g/mol. The number of fused-ring (bicyclic) bond motifs is 4. The van der Waals surface area contributed by atoms with Crippen LogP contribution in [-0.4, -0.2) is 17.6 Å². The van der Waals surface area contributed by atoms with Gasteiger partial charge in [-0.1, -0.05) is 55.3 Å². The van der Waals surface area contributed by atoms with Crippen LogP contribution in [0.5, 0.6) is 0 Å². The lowest BCUT2D eigenvalue weighted by atomic mass is 9.66. The van der Waals surface area contributed by atoms with Crippen molar-refractivity contribution in [2.45, 2.75) is 50.0 Å². The van der Waals surface area contributed by atoms with Crippen LogP contribution in [0.4, 0.5) is 5.69 Å². The van der Waals surface area contributed by atoms with Crippen molar-refractivity contribution in [3.63, 3.8) is 0 Å². The molecule has 5 atom stereocenters. The summed E-state index contributed by atoms with van der Waals surface area (Å²) in [5, 5.41) is 9.83. The topological polar surface area (TPSA) is 40.5 Å². The molecule has 1 N–H and O–H groups in total. The number of anilines is 1. The highest BCUT2D eigenvalue weighted by Gasteiger charge is 2.48. The zero-order valence-corrected chi connectivity index (χ0v) is 16.6. The second-order valence-electron chi connectivity index (χ2n) is 9.32. The van der Waals surface area contributed by atoms with Gasteiger partial charge in [0.25, 0.3) is 0 Å². The van der Waals surface area contributed by atoms with Crippen LogP contribution < -0.4 is 4.90 Å². The van der Waals surface area contributed by atoms with Crippen LogP contribution >= 0.6 is 0 Å². The third-order valence-electron chi connectivity index (χ3n) is 7.90. The number of carbonyl (C=O) groups is 1. The fraction of sp³-hybridized carbons (Fsp3) is 0.423. The van der Waals surface area contributed by atoms with Crippen LogP contribution in [0.1, 0.15) is 77.0 Å². The van der Waals surface area contributed by atoms with E-state index in [-0.39, 0.29) is 0 Å². The molecular formula is C26H27NO2. The van der Waals surface area contributed by atoms with Gasteiger partial charge in [0.2, 0.25) is 0 Å². The first-order valence-corrected chi connectivity index (χ1v) is 11.1. The molecule has 2 aliphatic heterocycles. The highest BCUT2D eigenvalue weighted by atomic mass is 16.4. The van der Waals surface area contributed by atoms with E-state index < -0.39 is 5.97 Å². The Hall–Kier alpha value is -2.55. The average Bonchev–Trinajstić information content (AvgIpc) is 3.24.